The first-order valence-electron chi connectivity index (χ1n) is 2.06. The molecule has 10 heavy (non-hydrogen) atoms. The van der Waals surface area contributed by atoms with E-state index in [1.165, 1.54) is 0 Å². The van der Waals surface area contributed by atoms with Gasteiger partial charge in [-0.15, -0.1) is 0 Å². The maximum Gasteiger partial charge on any atom is 0.456 e. The first-order valence-corrected chi connectivity index (χ1v) is 2.06. The summed E-state index contributed by atoms with van der Waals surface area (Å²) in [4.78, 5) is 17.7. The van der Waals surface area contributed by atoms with Gasteiger partial charge in [-0.1, -0.05) is 0 Å². The number of hydrogen-bond donors (Lipinski definition) is 0. The molecule has 0 heterocycles. The van der Waals surface area contributed by atoms with Gasteiger partial charge in [0.2, 0.25) is 0 Å². The molecule has 0 fully saturated rings. The predicted molar refractivity (Wildman–Crippen MR) is 22.9 cm³/mol. The summed E-state index contributed by atoms with van der Waals surface area (Å²) in [5.74, 6) is -2.34. The van der Waals surface area contributed by atoms with Gasteiger partial charge >= 0.3 is 12.0 Å². The summed E-state index contributed by atoms with van der Waals surface area (Å²) in [6.45, 7) is -1.69. The standard InChI is InChI=1S/C3H2F3NO3/c4-3(5,6)2(8)1-7(9)10/h1H2. The van der Waals surface area contributed by atoms with Gasteiger partial charge in [0.25, 0.3) is 6.54 Å². The molecule has 4 nitrogen and oxygen atoms in total. The van der Waals surface area contributed by atoms with E-state index in [-0.39, 0.29) is 0 Å². The molecule has 0 rings (SSSR count). The summed E-state index contributed by atoms with van der Waals surface area (Å²) < 4.78 is 33.5. The zero-order chi connectivity index (χ0) is 8.36. The second kappa shape index (κ2) is 2.63. The van der Waals surface area contributed by atoms with Gasteiger partial charge in [-0.3, -0.25) is 14.9 Å². The van der Waals surface area contributed by atoms with Gasteiger partial charge in [0.1, 0.15) is 0 Å². The normalized spacial score (nSPS) is 11.1. The number of Topliss-reactive ketones (excluding diaryl/α,β-unsaturated/α-hetero) is 1. The highest BCUT2D eigenvalue weighted by molar-refractivity contribution is 5.84. The lowest BCUT2D eigenvalue weighted by atomic mass is 10.4. The highest BCUT2D eigenvalue weighted by Gasteiger charge is 2.41. The highest BCUT2D eigenvalue weighted by Crippen LogP contribution is 2.15. The van der Waals surface area contributed by atoms with E-state index in [0.717, 1.165) is 0 Å². The van der Waals surface area contributed by atoms with E-state index in [2.05, 4.69) is 0 Å². The van der Waals surface area contributed by atoms with Crippen LogP contribution in [-0.4, -0.2) is 23.4 Å². The van der Waals surface area contributed by atoms with Gasteiger partial charge in [0.05, 0.1) is 0 Å². The van der Waals surface area contributed by atoms with Crippen molar-refractivity contribution in [2.24, 2.45) is 0 Å². The molecule has 0 unspecified atom stereocenters. The number of carbonyl (C=O) groups is 1. The van der Waals surface area contributed by atoms with Crippen LogP contribution in [0, 0.1) is 10.1 Å². The van der Waals surface area contributed by atoms with Crippen molar-refractivity contribution < 1.29 is 22.9 Å². The molecule has 0 aromatic rings. The van der Waals surface area contributed by atoms with Crippen LogP contribution < -0.4 is 0 Å². The lowest BCUT2D eigenvalue weighted by molar-refractivity contribution is -0.469. The van der Waals surface area contributed by atoms with Crippen LogP contribution in [-0.2, 0) is 4.79 Å². The maximum atomic E-state index is 11.2. The first kappa shape index (κ1) is 8.86. The van der Waals surface area contributed by atoms with E-state index in [1.54, 1.807) is 0 Å². The molecule has 0 saturated carbocycles. The number of rotatable bonds is 2. The Morgan fingerprint density at radius 3 is 2.00 bits per heavy atom. The number of carbonyl (C=O) groups excluding carboxylic acids is 1. The molecule has 0 spiro atoms. The number of hydrogen-bond acceptors (Lipinski definition) is 3. The topological polar surface area (TPSA) is 60.2 Å². The van der Waals surface area contributed by atoms with E-state index in [4.69, 9.17) is 0 Å². The van der Waals surface area contributed by atoms with Gasteiger partial charge in [-0.05, 0) is 0 Å². The van der Waals surface area contributed by atoms with Crippen LogP contribution in [0.2, 0.25) is 0 Å². The SMILES string of the molecule is O=C(C[N+](=O)[O-])C(F)(F)F. The van der Waals surface area contributed by atoms with Crippen molar-refractivity contribution in [1.29, 1.82) is 0 Å². The Morgan fingerprint density at radius 2 is 1.90 bits per heavy atom. The van der Waals surface area contributed by atoms with Crippen LogP contribution >= 0.6 is 0 Å². The molecule has 0 N–H and O–H groups in total. The van der Waals surface area contributed by atoms with Crippen molar-refractivity contribution in [2.75, 3.05) is 6.54 Å². The minimum atomic E-state index is -5.09. The molecule has 0 aliphatic heterocycles. The molecule has 0 aromatic heterocycles. The largest absolute Gasteiger partial charge is 0.456 e. The van der Waals surface area contributed by atoms with Gasteiger partial charge < -0.3 is 0 Å². The third-order valence-electron chi connectivity index (χ3n) is 0.589. The van der Waals surface area contributed by atoms with Gasteiger partial charge in [-0.2, -0.15) is 13.2 Å². The molecular formula is C3H2F3NO3. The van der Waals surface area contributed by atoms with E-state index in [1.807, 2.05) is 0 Å². The van der Waals surface area contributed by atoms with Crippen LogP contribution in [0.1, 0.15) is 0 Å². The second-order valence-electron chi connectivity index (χ2n) is 1.41. The molecule has 0 bridgehead atoms. The highest BCUT2D eigenvalue weighted by atomic mass is 19.4. The fourth-order valence-electron chi connectivity index (χ4n) is 0.207. The van der Waals surface area contributed by atoms with Crippen LogP contribution in [0.4, 0.5) is 13.2 Å². The molecule has 58 valence electrons. The minimum absolute atomic E-state index is 1.32. The molecule has 0 aliphatic carbocycles. The monoisotopic (exact) mass is 157 g/mol. The molecule has 7 heteroatoms. The number of nitro groups is 1. The van der Waals surface area contributed by atoms with Crippen molar-refractivity contribution >= 4 is 5.78 Å². The molecule has 0 atom stereocenters. The van der Waals surface area contributed by atoms with Crippen molar-refractivity contribution in [1.82, 2.24) is 0 Å². The van der Waals surface area contributed by atoms with Crippen LogP contribution in [0.25, 0.3) is 0 Å². The maximum absolute atomic E-state index is 11.2. The minimum Gasteiger partial charge on any atom is -0.282 e. The van der Waals surface area contributed by atoms with Crippen LogP contribution in [0.15, 0.2) is 0 Å². The van der Waals surface area contributed by atoms with Gasteiger partial charge in [-0.25, -0.2) is 0 Å². The Labute approximate surface area is 52.8 Å². The summed E-state index contributed by atoms with van der Waals surface area (Å²) in [6, 6.07) is 0. The third kappa shape index (κ3) is 3.00. The van der Waals surface area contributed by atoms with Crippen molar-refractivity contribution in [3.8, 4) is 0 Å². The summed E-state index contributed by atoms with van der Waals surface area (Å²) in [6.07, 6.45) is -5.09. The average molecular weight is 157 g/mol. The molecule has 0 aromatic carbocycles. The summed E-state index contributed by atoms with van der Waals surface area (Å²) in [5.41, 5.74) is 0. The molecular weight excluding hydrogens is 155 g/mol. The Bertz CT molecular complexity index is 163. The molecule has 0 aliphatic rings. The van der Waals surface area contributed by atoms with Crippen molar-refractivity contribution in [3.05, 3.63) is 10.1 Å². The van der Waals surface area contributed by atoms with E-state index < -0.39 is 23.4 Å². The van der Waals surface area contributed by atoms with Crippen LogP contribution in [0.3, 0.4) is 0 Å². The number of nitrogens with zero attached hydrogens (tertiary/aromatic N) is 1. The quantitative estimate of drug-likeness (QED) is 0.430. The lowest BCUT2D eigenvalue weighted by Gasteiger charge is -1.98. The van der Waals surface area contributed by atoms with Crippen molar-refractivity contribution in [2.45, 2.75) is 6.18 Å². The summed E-state index contributed by atoms with van der Waals surface area (Å²) >= 11 is 0. The Kier molecular flexibility index (Phi) is 2.33. The van der Waals surface area contributed by atoms with Crippen molar-refractivity contribution in [3.63, 3.8) is 0 Å². The summed E-state index contributed by atoms with van der Waals surface area (Å²) in [5, 5.41) is 9.34. The lowest BCUT2D eigenvalue weighted by Crippen LogP contribution is -2.29. The number of ketones is 1. The zero-order valence-corrected chi connectivity index (χ0v) is 4.51. The predicted octanol–water partition coefficient (Wildman–Crippen LogP) is 0.394. The zero-order valence-electron chi connectivity index (χ0n) is 4.51. The van der Waals surface area contributed by atoms with E-state index in [9.17, 15) is 28.1 Å². The Morgan fingerprint density at radius 1 is 1.50 bits per heavy atom. The number of alkyl halides is 3. The second-order valence-corrected chi connectivity index (χ2v) is 1.41. The molecule has 0 amide bonds. The molecule has 0 radical (unpaired) electrons. The van der Waals surface area contributed by atoms with E-state index in [0.29, 0.717) is 0 Å². The fraction of sp³-hybridized carbons (Fsp3) is 0.667. The Hall–Kier alpha value is -1.14. The van der Waals surface area contributed by atoms with E-state index >= 15 is 0 Å². The number of halogens is 3. The third-order valence-corrected chi connectivity index (χ3v) is 0.589. The van der Waals surface area contributed by atoms with Gasteiger partial charge in [0.15, 0.2) is 0 Å². The summed E-state index contributed by atoms with van der Waals surface area (Å²) in [7, 11) is 0. The van der Waals surface area contributed by atoms with Crippen LogP contribution in [0.5, 0.6) is 0 Å². The average Bonchev–Trinajstić information content (AvgIpc) is 1.60. The first-order chi connectivity index (χ1) is 4.34. The van der Waals surface area contributed by atoms with Gasteiger partial charge in [0, 0.05) is 4.92 Å². The fourth-order valence-corrected chi connectivity index (χ4v) is 0.207. The smallest absolute Gasteiger partial charge is 0.282 e. The molecule has 0 saturated heterocycles. The Balaban J connectivity index is 3.99.